The summed E-state index contributed by atoms with van der Waals surface area (Å²) in [6.45, 7) is 15.6. The van der Waals surface area contributed by atoms with Gasteiger partial charge in [-0.15, -0.1) is 0 Å². The molecule has 2 saturated heterocycles. The molecule has 0 spiro atoms. The summed E-state index contributed by atoms with van der Waals surface area (Å²) in [5.74, 6) is -8.56. The van der Waals surface area contributed by atoms with Crippen molar-refractivity contribution in [3.05, 3.63) is 47.8 Å². The van der Waals surface area contributed by atoms with Gasteiger partial charge in [0.15, 0.2) is 11.4 Å². The van der Waals surface area contributed by atoms with Gasteiger partial charge in [-0.25, -0.2) is 42.1 Å². The molecular weight excluding hydrogens is 1280 g/mol. The van der Waals surface area contributed by atoms with Crippen LogP contribution < -0.4 is 29.6 Å². The molecule has 2 aromatic heterocycles. The predicted molar refractivity (Wildman–Crippen MR) is 315 cm³/mol. The Hall–Kier alpha value is -6.05. The Morgan fingerprint density at radius 3 is 1.53 bits per heavy atom. The fourth-order valence-corrected chi connectivity index (χ4v) is 13.3. The standard InChI is InChI=1S/C32H39F2N4O7.C32H41F2N4O7.2V/c1-16-22(15-39)38-14-24(16)44-28-26(35-20-8-7-18(42-5)13-21(20)36-28)32(33,34)9-6-10-43-25-19-11-17(19)12-23(25)45-30(41)37-27(29(38)40)31(2,3)4;1-18-22(17-39)38-16-23(18)44-27-25(35-20-11-10-19(42-6)15-21(20)36-27)32(33,34)13-8-14-43-24-9-7-12-31(24,5)45-29(41)37-26(28(38)40)30(2,3)4;;/h7-8,13,16-17,19,22-25,27H,6,9-12,14H2,1-5H3,(H,37,41);10-11,15,18,22-24,26H,7-9,12-14,16H2,1-6H3,(H,37,41);;/q2*-1;;/t16-,17?,19?,22+,23+,24-,25+,27+;18-,22+,23-,24+,26+,31+;;/m00../s1. The molecule has 4 amide bonds. The monoisotopic (exact) mass is 1360 g/mol. The zero-order valence-electron chi connectivity index (χ0n) is 53.5. The van der Waals surface area contributed by atoms with Gasteiger partial charge in [0.05, 0.1) is 61.6 Å². The molecule has 7 aliphatic rings. The van der Waals surface area contributed by atoms with Gasteiger partial charge in [-0.1, -0.05) is 67.5 Å². The second-order valence-corrected chi connectivity index (χ2v) is 27.2. The molecule has 22 nitrogen and oxygen atoms in total. The first kappa shape index (κ1) is 71.8. The molecular formula is C64H80F4N8O14V2-2. The summed E-state index contributed by atoms with van der Waals surface area (Å²) in [6.07, 6.45) is 1.17. The molecule has 4 aromatic rings. The number of aromatic nitrogens is 4. The van der Waals surface area contributed by atoms with Crippen molar-refractivity contribution in [3.63, 3.8) is 0 Å². The van der Waals surface area contributed by atoms with E-state index in [0.29, 0.717) is 43.1 Å². The molecule has 2 unspecified atom stereocenters. The van der Waals surface area contributed by atoms with E-state index >= 15 is 17.6 Å². The van der Waals surface area contributed by atoms with Crippen molar-refractivity contribution in [1.82, 2.24) is 40.4 Å². The quantitative estimate of drug-likeness (QED) is 0.143. The summed E-state index contributed by atoms with van der Waals surface area (Å²) >= 11 is 0. The minimum atomic E-state index is -3.45. The summed E-state index contributed by atoms with van der Waals surface area (Å²) in [5.41, 5.74) is -2.80. The van der Waals surface area contributed by atoms with Crippen LogP contribution in [0.4, 0.5) is 27.2 Å². The number of rotatable bonds is 4. The third-order valence-electron chi connectivity index (χ3n) is 18.7. The molecule has 3 saturated carbocycles. The Bertz CT molecular complexity index is 3270. The third kappa shape index (κ3) is 15.0. The number of benzene rings is 2. The molecule has 3 aliphatic carbocycles. The van der Waals surface area contributed by atoms with Crippen molar-refractivity contribution < 1.29 is 121 Å². The smallest absolute Gasteiger partial charge is 0.408 e. The first-order valence-electron chi connectivity index (χ1n) is 30.8. The maximum absolute atomic E-state index is 16.0. The number of carbonyl (C=O) groups excluding carboxylic acids is 6. The van der Waals surface area contributed by atoms with Gasteiger partial charge in [-0.2, -0.15) is 17.6 Å². The summed E-state index contributed by atoms with van der Waals surface area (Å²) in [5, 5.41) is 5.48. The molecule has 4 bridgehead atoms. The second kappa shape index (κ2) is 28.1. The first-order valence-corrected chi connectivity index (χ1v) is 30.8. The van der Waals surface area contributed by atoms with E-state index in [1.807, 2.05) is 12.6 Å². The maximum atomic E-state index is 16.0. The van der Waals surface area contributed by atoms with Crippen LogP contribution in [0, 0.1) is 34.5 Å². The molecule has 4 aliphatic heterocycles. The van der Waals surface area contributed by atoms with Crippen LogP contribution in [-0.2, 0) is 87.1 Å². The minimum Gasteiger partial charge on any atom is -0.540 e. The summed E-state index contributed by atoms with van der Waals surface area (Å²) in [4.78, 5) is 99.0. The summed E-state index contributed by atoms with van der Waals surface area (Å²) in [6, 6.07) is 5.20. The van der Waals surface area contributed by atoms with Crippen molar-refractivity contribution in [2.75, 3.05) is 40.5 Å². The Morgan fingerprint density at radius 1 is 0.609 bits per heavy atom. The summed E-state index contributed by atoms with van der Waals surface area (Å²) in [7, 11) is 2.96. The third-order valence-corrected chi connectivity index (χ3v) is 18.7. The number of alkyl halides is 4. The van der Waals surface area contributed by atoms with E-state index in [1.54, 1.807) is 98.7 Å². The molecule has 28 heteroatoms. The Kier molecular flexibility index (Phi) is 21.9. The van der Waals surface area contributed by atoms with E-state index in [-0.39, 0.29) is 110 Å². The van der Waals surface area contributed by atoms with E-state index in [2.05, 4.69) is 30.6 Å². The van der Waals surface area contributed by atoms with Crippen LogP contribution in [-0.4, -0.2) is 167 Å². The normalized spacial score (nSPS) is 31.6. The van der Waals surface area contributed by atoms with E-state index < -0.39 is 149 Å². The van der Waals surface area contributed by atoms with Crippen LogP contribution in [0.15, 0.2) is 36.4 Å². The fraction of sp³-hybridized carbons (Fsp3) is 0.656. The van der Waals surface area contributed by atoms with Crippen LogP contribution in [0.25, 0.3) is 22.1 Å². The van der Waals surface area contributed by atoms with Gasteiger partial charge in [0, 0.05) is 75.3 Å². The number of carbonyl (C=O) groups is 4. The van der Waals surface area contributed by atoms with Crippen LogP contribution in [0.5, 0.6) is 23.3 Å². The maximum Gasteiger partial charge on any atom is 0.408 e. The largest absolute Gasteiger partial charge is 0.540 e. The van der Waals surface area contributed by atoms with Crippen LogP contribution in [0.1, 0.15) is 131 Å². The predicted octanol–water partition coefficient (Wildman–Crippen LogP) is 8.85. The number of hydrogen-bond acceptors (Lipinski definition) is 18. The molecule has 14 atom stereocenters. The van der Waals surface area contributed by atoms with Gasteiger partial charge in [0.2, 0.25) is 23.6 Å². The van der Waals surface area contributed by atoms with Crippen LogP contribution >= 0.6 is 0 Å². The van der Waals surface area contributed by atoms with Gasteiger partial charge in [-0.3, -0.25) is 9.59 Å². The van der Waals surface area contributed by atoms with Crippen LogP contribution in [0.2, 0.25) is 0 Å². The van der Waals surface area contributed by atoms with Crippen LogP contribution in [0.3, 0.4) is 0 Å². The number of halogens is 4. The van der Waals surface area contributed by atoms with Gasteiger partial charge in [0.1, 0.15) is 47.5 Å². The molecule has 92 heavy (non-hydrogen) atoms. The van der Waals surface area contributed by atoms with Crippen molar-refractivity contribution in [2.24, 2.45) is 34.5 Å². The summed E-state index contributed by atoms with van der Waals surface area (Å²) < 4.78 is 110. The molecule has 2 N–H and O–H groups in total. The number of hydrogen-bond donors (Lipinski definition) is 2. The van der Waals surface area contributed by atoms with Crippen molar-refractivity contribution in [1.29, 1.82) is 0 Å². The van der Waals surface area contributed by atoms with E-state index in [9.17, 15) is 28.8 Å². The van der Waals surface area contributed by atoms with Gasteiger partial charge >= 0.3 is 12.2 Å². The number of alkyl carbamates (subject to hydrolysis) is 2. The molecule has 5 fully saturated rings. The topological polar surface area (TPSA) is 258 Å². The minimum absolute atomic E-state index is 0. The Labute approximate surface area is 555 Å². The SMILES string of the molecule is COc1ccc2nc3c(nc2c1)O[C@H]1CN(C(=O)[C@H](C(C)(C)C)NC(=O)O[C@@H]2CC4CC4[C@H]2OCCCC3(F)F)[C@H]([C-]=O)[C@@H]1C.COc1ccc2nc3c(nc2c1)O[C@H]1CN(C(=O)[C@H](C(C)(C)C)NC(=O)O[C@]2(C)CCC[C@H]2OCCCC3(F)F)[C@H]([C-]=O)[C@@H]1C.[V].[V]. The number of methoxy groups -OCH3 is 2. The Morgan fingerprint density at radius 2 is 1.08 bits per heavy atom. The number of amides is 4. The van der Waals surface area contributed by atoms with Crippen molar-refractivity contribution >= 4 is 58.6 Å². The van der Waals surface area contributed by atoms with E-state index in [0.717, 1.165) is 6.42 Å². The zero-order chi connectivity index (χ0) is 65.0. The number of nitrogens with zero attached hydrogens (tertiary/aromatic N) is 6. The second-order valence-electron chi connectivity index (χ2n) is 27.2. The molecule has 6 heterocycles. The zero-order valence-corrected chi connectivity index (χ0v) is 56.3. The van der Waals surface area contributed by atoms with Gasteiger partial charge in [-0.05, 0) is 111 Å². The average molecular weight is 1360 g/mol. The molecule has 11 rings (SSSR count). The Balaban J connectivity index is 0.000000232. The molecule has 2 radical (unpaired) electrons. The van der Waals surface area contributed by atoms with Gasteiger partial charge in [0.25, 0.3) is 11.8 Å². The van der Waals surface area contributed by atoms with Crippen molar-refractivity contribution in [3.8, 4) is 23.3 Å². The van der Waals surface area contributed by atoms with E-state index in [1.165, 1.54) is 24.0 Å². The fourth-order valence-electron chi connectivity index (χ4n) is 13.3. The van der Waals surface area contributed by atoms with Gasteiger partial charge < -0.3 is 67.9 Å². The van der Waals surface area contributed by atoms with Crippen molar-refractivity contribution in [2.45, 2.75) is 192 Å². The van der Waals surface area contributed by atoms with E-state index in [4.69, 9.17) is 37.9 Å². The molecule has 500 valence electrons. The number of fused-ring (bicyclic) bond motifs is 12. The molecule has 2 aromatic carbocycles. The average Bonchev–Trinajstić information content (AvgIpc) is 1.75. The number of ether oxygens (including phenoxy) is 8. The number of nitrogens with one attached hydrogen (secondary N) is 2. The first-order chi connectivity index (χ1) is 42.5.